The molecule has 11 aromatic carbocycles. The molecule has 0 atom stereocenters. The highest BCUT2D eigenvalue weighted by molar-refractivity contribution is 6.19. The van der Waals surface area contributed by atoms with Crippen molar-refractivity contribution in [2.45, 2.75) is 0 Å². The van der Waals surface area contributed by atoms with E-state index >= 15 is 0 Å². The van der Waals surface area contributed by atoms with Gasteiger partial charge in [-0.15, -0.1) is 0 Å². The van der Waals surface area contributed by atoms with Crippen LogP contribution in [-0.4, -0.2) is 4.98 Å². The van der Waals surface area contributed by atoms with Crippen molar-refractivity contribution in [2.24, 2.45) is 0 Å². The number of benzene rings is 11. The van der Waals surface area contributed by atoms with Crippen molar-refractivity contribution >= 4 is 94.6 Å². The number of oxazole rings is 1. The van der Waals surface area contributed by atoms with Gasteiger partial charge in [-0.1, -0.05) is 146 Å². The normalized spacial score (nSPS) is 11.3. The minimum absolute atomic E-state index is 0.613. The first-order chi connectivity index (χ1) is 32.7. The number of para-hydroxylation sites is 3. The molecule has 0 amide bonds. The summed E-state index contributed by atoms with van der Waals surface area (Å²) in [6, 6.07) is 90.2. The molecule has 0 aliphatic rings. The van der Waals surface area contributed by atoms with Crippen molar-refractivity contribution in [3.63, 3.8) is 0 Å². The van der Waals surface area contributed by atoms with E-state index in [0.29, 0.717) is 5.89 Å². The first-order valence-corrected chi connectivity index (χ1v) is 22.3. The molecule has 5 heteroatoms. The van der Waals surface area contributed by atoms with Crippen molar-refractivity contribution in [3.05, 3.63) is 255 Å². The minimum atomic E-state index is 0.613. The summed E-state index contributed by atoms with van der Waals surface area (Å²) in [6.45, 7) is 0. The van der Waals surface area contributed by atoms with E-state index in [4.69, 9.17) is 9.40 Å². The fraction of sp³-hybridized carbons (Fsp3) is 0. The highest BCUT2D eigenvalue weighted by Crippen LogP contribution is 2.46. The van der Waals surface area contributed by atoms with E-state index in [0.717, 1.165) is 94.8 Å². The van der Waals surface area contributed by atoms with Gasteiger partial charge in [-0.3, -0.25) is 0 Å². The van der Waals surface area contributed by atoms with Gasteiger partial charge < -0.3 is 19.1 Å². The van der Waals surface area contributed by atoms with E-state index < -0.39 is 0 Å². The Labute approximate surface area is 383 Å². The second-order valence-electron chi connectivity index (χ2n) is 16.4. The molecule has 0 unspecified atom stereocenters. The van der Waals surface area contributed by atoms with Crippen molar-refractivity contribution in [2.75, 3.05) is 14.7 Å². The molecule has 0 N–H and O–H groups in total. The maximum absolute atomic E-state index is 6.67. The van der Waals surface area contributed by atoms with Gasteiger partial charge in [-0.2, -0.15) is 0 Å². The van der Waals surface area contributed by atoms with Crippen LogP contribution in [0.25, 0.3) is 54.9 Å². The van der Waals surface area contributed by atoms with E-state index in [2.05, 4.69) is 239 Å². The van der Waals surface area contributed by atoms with E-state index in [1.54, 1.807) is 0 Å². The van der Waals surface area contributed by atoms with Gasteiger partial charge in [0.2, 0.25) is 5.89 Å². The van der Waals surface area contributed by atoms with Gasteiger partial charge in [0.25, 0.3) is 0 Å². The van der Waals surface area contributed by atoms with Crippen molar-refractivity contribution < 1.29 is 4.42 Å². The van der Waals surface area contributed by atoms with Gasteiger partial charge in [-0.05, 0) is 131 Å². The smallest absolute Gasteiger partial charge is 0.227 e. The van der Waals surface area contributed by atoms with Crippen molar-refractivity contribution in [1.29, 1.82) is 0 Å². The van der Waals surface area contributed by atoms with Gasteiger partial charge in [0.1, 0.15) is 5.52 Å². The lowest BCUT2D eigenvalue weighted by atomic mass is 9.99. The zero-order valence-electron chi connectivity index (χ0n) is 35.9. The lowest BCUT2D eigenvalue weighted by molar-refractivity contribution is 0.623. The first kappa shape index (κ1) is 38.7. The molecule has 1 heterocycles. The van der Waals surface area contributed by atoms with Crippen molar-refractivity contribution in [3.8, 4) is 11.5 Å². The Morgan fingerprint density at radius 2 is 0.742 bits per heavy atom. The maximum atomic E-state index is 6.67. The first-order valence-electron chi connectivity index (χ1n) is 22.3. The molecule has 0 bridgehead atoms. The van der Waals surface area contributed by atoms with Crippen LogP contribution in [0, 0.1) is 0 Å². The predicted octanol–water partition coefficient (Wildman–Crippen LogP) is 17.4. The summed E-state index contributed by atoms with van der Waals surface area (Å²) < 4.78 is 6.67. The Morgan fingerprint density at radius 1 is 0.303 bits per heavy atom. The molecule has 12 rings (SSSR count). The zero-order valence-corrected chi connectivity index (χ0v) is 35.9. The quantitative estimate of drug-likeness (QED) is 0.128. The summed E-state index contributed by atoms with van der Waals surface area (Å²) in [7, 11) is 0. The molecule has 0 aliphatic carbocycles. The number of fused-ring (bicyclic) bond motifs is 6. The third kappa shape index (κ3) is 7.05. The van der Waals surface area contributed by atoms with Gasteiger partial charge >= 0.3 is 0 Å². The van der Waals surface area contributed by atoms with E-state index in [9.17, 15) is 0 Å². The lowest BCUT2D eigenvalue weighted by Crippen LogP contribution is -2.14. The maximum Gasteiger partial charge on any atom is 0.227 e. The largest absolute Gasteiger partial charge is 0.435 e. The second kappa shape index (κ2) is 16.6. The number of nitrogens with zero attached hydrogens (tertiary/aromatic N) is 4. The fourth-order valence-corrected chi connectivity index (χ4v) is 9.35. The molecule has 0 spiro atoms. The SMILES string of the molecule is c1ccc(-c2nc3ccc4ccc5ccc(N(c6cccc(N(c7ccccc7)c7cccc(N(c8ccccc8)c8ccccc8)c7)c6)c6cccc7ccccc67)cc5c4c3o2)cc1. The summed E-state index contributed by atoms with van der Waals surface area (Å²) in [6.07, 6.45) is 0. The summed E-state index contributed by atoms with van der Waals surface area (Å²) in [5.41, 5.74) is 12.0. The highest BCUT2D eigenvalue weighted by Gasteiger charge is 2.22. The summed E-state index contributed by atoms with van der Waals surface area (Å²) in [5, 5.41) is 6.69. The lowest BCUT2D eigenvalue weighted by Gasteiger charge is -2.31. The summed E-state index contributed by atoms with van der Waals surface area (Å²) in [4.78, 5) is 12.0. The molecular formula is C61H42N4O. The number of hydrogen-bond donors (Lipinski definition) is 0. The molecule has 66 heavy (non-hydrogen) atoms. The molecular weight excluding hydrogens is 805 g/mol. The van der Waals surface area contributed by atoms with Crippen LogP contribution in [0.15, 0.2) is 259 Å². The molecule has 5 nitrogen and oxygen atoms in total. The van der Waals surface area contributed by atoms with Crippen LogP contribution < -0.4 is 14.7 Å². The third-order valence-electron chi connectivity index (χ3n) is 12.4. The molecule has 1 aromatic heterocycles. The van der Waals surface area contributed by atoms with Crippen LogP contribution in [-0.2, 0) is 0 Å². The van der Waals surface area contributed by atoms with Gasteiger partial charge in [-0.25, -0.2) is 4.98 Å². The van der Waals surface area contributed by atoms with Crippen molar-refractivity contribution in [1.82, 2.24) is 4.98 Å². The predicted molar refractivity (Wildman–Crippen MR) is 276 cm³/mol. The van der Waals surface area contributed by atoms with E-state index in [1.807, 2.05) is 30.3 Å². The zero-order chi connectivity index (χ0) is 43.8. The molecule has 0 fully saturated rings. The Hall–Kier alpha value is -8.93. The van der Waals surface area contributed by atoms with Gasteiger partial charge in [0.05, 0.1) is 5.69 Å². The molecule has 12 aromatic rings. The number of aromatic nitrogens is 1. The van der Waals surface area contributed by atoms with Crippen LogP contribution in [0.5, 0.6) is 0 Å². The fourth-order valence-electron chi connectivity index (χ4n) is 9.35. The Morgan fingerprint density at radius 3 is 1.38 bits per heavy atom. The number of rotatable bonds is 10. The number of anilines is 9. The van der Waals surface area contributed by atoms with Crippen LogP contribution in [0.2, 0.25) is 0 Å². The van der Waals surface area contributed by atoms with Crippen LogP contribution in [0.4, 0.5) is 51.2 Å². The van der Waals surface area contributed by atoms with Gasteiger partial charge in [0, 0.05) is 61.8 Å². The Balaban J connectivity index is 1.04. The highest BCUT2D eigenvalue weighted by atomic mass is 16.3. The monoisotopic (exact) mass is 846 g/mol. The Kier molecular flexibility index (Phi) is 9.77. The van der Waals surface area contributed by atoms with E-state index in [-0.39, 0.29) is 0 Å². The summed E-state index contributed by atoms with van der Waals surface area (Å²) >= 11 is 0. The summed E-state index contributed by atoms with van der Waals surface area (Å²) in [5.74, 6) is 0.613. The second-order valence-corrected chi connectivity index (χ2v) is 16.4. The average Bonchev–Trinajstić information content (AvgIpc) is 3.83. The van der Waals surface area contributed by atoms with Crippen LogP contribution in [0.3, 0.4) is 0 Å². The molecule has 0 aliphatic heterocycles. The van der Waals surface area contributed by atoms with E-state index in [1.165, 1.54) is 5.39 Å². The molecule has 0 saturated carbocycles. The van der Waals surface area contributed by atoms with Crippen LogP contribution in [0.1, 0.15) is 0 Å². The third-order valence-corrected chi connectivity index (χ3v) is 12.4. The van der Waals surface area contributed by atoms with Gasteiger partial charge in [0.15, 0.2) is 5.58 Å². The topological polar surface area (TPSA) is 35.8 Å². The molecule has 0 radical (unpaired) electrons. The molecule has 0 saturated heterocycles. The molecule has 312 valence electrons. The van der Waals surface area contributed by atoms with Crippen LogP contribution >= 0.6 is 0 Å². The minimum Gasteiger partial charge on any atom is -0.435 e. The Bertz CT molecular complexity index is 3620. The number of hydrogen-bond acceptors (Lipinski definition) is 5. The average molecular weight is 847 g/mol. The standard InChI is InChI=1S/C61H42N4O/c1-5-19-46(20-6-1)61-62-57-39-37-45-35-34-44-36-38-54(42-56(44)59(45)60(57)66-61)65(58-33-15-21-43-18-13-14-32-55(43)58)53-31-17-30-52(41-53)64(49-26-11-4-12-27-49)51-29-16-28-50(40-51)63(47-22-7-2-8-23-47)48-24-9-3-10-25-48/h1-42H.